The van der Waals surface area contributed by atoms with E-state index < -0.39 is 11.7 Å². The average molecular weight is 253 g/mol. The lowest BCUT2D eigenvalue weighted by molar-refractivity contribution is 0.0350. The van der Waals surface area contributed by atoms with E-state index in [-0.39, 0.29) is 5.82 Å². The monoisotopic (exact) mass is 253 g/mol. The molecule has 1 aliphatic rings. The van der Waals surface area contributed by atoms with Gasteiger partial charge in [-0.3, -0.25) is 0 Å². The molecule has 3 nitrogen and oxygen atoms in total. The maximum absolute atomic E-state index is 13.2. The number of hydrogen-bond donors (Lipinski definition) is 2. The van der Waals surface area contributed by atoms with Gasteiger partial charge in [-0.05, 0) is 44.9 Å². The Hall–Kier alpha value is -1.13. The van der Waals surface area contributed by atoms with Crippen molar-refractivity contribution in [3.05, 3.63) is 29.6 Å². The van der Waals surface area contributed by atoms with E-state index in [0.717, 1.165) is 18.8 Å². The summed E-state index contributed by atoms with van der Waals surface area (Å²) in [6.07, 6.45) is 0.672. The molecule has 2 N–H and O–H groups in total. The average Bonchev–Trinajstić information content (AvgIpc) is 2.29. The molecule has 0 bridgehead atoms. The maximum Gasteiger partial charge on any atom is 0.123 e. The highest BCUT2D eigenvalue weighted by Gasteiger charge is 2.28. The smallest absolute Gasteiger partial charge is 0.123 e. The zero-order chi connectivity index (χ0) is 13.3. The van der Waals surface area contributed by atoms with Crippen LogP contribution in [-0.4, -0.2) is 28.9 Å². The molecule has 0 aromatic heterocycles. The summed E-state index contributed by atoms with van der Waals surface area (Å²) >= 11 is 0. The van der Waals surface area contributed by atoms with Gasteiger partial charge in [-0.2, -0.15) is 0 Å². The lowest BCUT2D eigenvalue weighted by Gasteiger charge is -2.38. The fraction of sp³-hybridized carbons (Fsp3) is 0.571. The van der Waals surface area contributed by atoms with Gasteiger partial charge in [0, 0.05) is 24.3 Å². The molecule has 2 rings (SSSR count). The van der Waals surface area contributed by atoms with Crippen molar-refractivity contribution >= 4 is 5.69 Å². The molecule has 0 radical (unpaired) electrons. The summed E-state index contributed by atoms with van der Waals surface area (Å²) in [4.78, 5) is 2.10. The molecular formula is C14H20FNO2. The number of aliphatic hydroxyl groups is 2. The second-order valence-electron chi connectivity index (χ2n) is 5.36. The third kappa shape index (κ3) is 2.82. The quantitative estimate of drug-likeness (QED) is 0.849. The maximum atomic E-state index is 13.2. The molecule has 1 atom stereocenters. The predicted molar refractivity (Wildman–Crippen MR) is 69.1 cm³/mol. The standard InChI is InChI=1S/C14H20FNO2/c1-10(17)12-9-11(15)3-4-13(12)16-7-5-14(2,18)6-8-16/h3-4,9-10,17-18H,5-8H2,1-2H3/t10-/m0/s1. The Kier molecular flexibility index (Phi) is 3.59. The summed E-state index contributed by atoms with van der Waals surface area (Å²) in [5.74, 6) is -0.335. The summed E-state index contributed by atoms with van der Waals surface area (Å²) in [5.41, 5.74) is 0.861. The molecule has 18 heavy (non-hydrogen) atoms. The minimum atomic E-state index is -0.696. The van der Waals surface area contributed by atoms with Crippen LogP contribution in [0.25, 0.3) is 0 Å². The number of aliphatic hydroxyl groups excluding tert-OH is 1. The first kappa shape index (κ1) is 13.3. The van der Waals surface area contributed by atoms with Gasteiger partial charge in [-0.25, -0.2) is 4.39 Å². The Bertz CT molecular complexity index is 422. The highest BCUT2D eigenvalue weighted by molar-refractivity contribution is 5.55. The van der Waals surface area contributed by atoms with E-state index in [0.29, 0.717) is 18.4 Å². The molecule has 1 fully saturated rings. The fourth-order valence-electron chi connectivity index (χ4n) is 2.38. The van der Waals surface area contributed by atoms with Gasteiger partial charge in [0.2, 0.25) is 0 Å². The molecule has 0 unspecified atom stereocenters. The van der Waals surface area contributed by atoms with Gasteiger partial charge >= 0.3 is 0 Å². The van der Waals surface area contributed by atoms with Gasteiger partial charge in [0.15, 0.2) is 0 Å². The van der Waals surface area contributed by atoms with E-state index >= 15 is 0 Å². The van der Waals surface area contributed by atoms with Gasteiger partial charge in [-0.1, -0.05) is 0 Å². The zero-order valence-electron chi connectivity index (χ0n) is 10.9. The van der Waals surface area contributed by atoms with Crippen LogP contribution in [0.1, 0.15) is 38.4 Å². The van der Waals surface area contributed by atoms with Crippen LogP contribution in [0.5, 0.6) is 0 Å². The van der Waals surface area contributed by atoms with Gasteiger partial charge < -0.3 is 15.1 Å². The van der Waals surface area contributed by atoms with Crippen LogP contribution in [0.3, 0.4) is 0 Å². The number of piperidine rings is 1. The van der Waals surface area contributed by atoms with Crippen molar-refractivity contribution in [2.75, 3.05) is 18.0 Å². The Morgan fingerprint density at radius 1 is 1.33 bits per heavy atom. The molecule has 0 aliphatic carbocycles. The molecule has 100 valence electrons. The SMILES string of the molecule is C[C@H](O)c1cc(F)ccc1N1CCC(C)(O)CC1. The third-order valence-corrected chi connectivity index (χ3v) is 3.62. The summed E-state index contributed by atoms with van der Waals surface area (Å²) in [7, 11) is 0. The van der Waals surface area contributed by atoms with Crippen LogP contribution in [-0.2, 0) is 0 Å². The topological polar surface area (TPSA) is 43.7 Å². The van der Waals surface area contributed by atoms with E-state index in [1.54, 1.807) is 13.0 Å². The number of benzene rings is 1. The van der Waals surface area contributed by atoms with Crippen molar-refractivity contribution in [1.82, 2.24) is 0 Å². The Morgan fingerprint density at radius 2 is 1.94 bits per heavy atom. The first-order valence-electron chi connectivity index (χ1n) is 6.34. The van der Waals surface area contributed by atoms with E-state index in [4.69, 9.17) is 0 Å². The second kappa shape index (κ2) is 4.86. The Balaban J connectivity index is 2.24. The Morgan fingerprint density at radius 3 is 2.50 bits per heavy atom. The number of hydrogen-bond acceptors (Lipinski definition) is 3. The number of anilines is 1. The van der Waals surface area contributed by atoms with Gasteiger partial charge in [0.25, 0.3) is 0 Å². The highest BCUT2D eigenvalue weighted by Crippen LogP contribution is 2.31. The van der Waals surface area contributed by atoms with E-state index in [1.165, 1.54) is 12.1 Å². The van der Waals surface area contributed by atoms with Crippen LogP contribution in [0.15, 0.2) is 18.2 Å². The van der Waals surface area contributed by atoms with Crippen molar-refractivity contribution in [1.29, 1.82) is 0 Å². The second-order valence-corrected chi connectivity index (χ2v) is 5.36. The Labute approximate surface area is 107 Å². The zero-order valence-corrected chi connectivity index (χ0v) is 10.9. The van der Waals surface area contributed by atoms with Crippen molar-refractivity contribution in [3.8, 4) is 0 Å². The molecular weight excluding hydrogens is 233 g/mol. The molecule has 4 heteroatoms. The molecule has 1 heterocycles. The van der Waals surface area contributed by atoms with Crippen LogP contribution in [0, 0.1) is 5.82 Å². The van der Waals surface area contributed by atoms with Crippen molar-refractivity contribution in [3.63, 3.8) is 0 Å². The fourth-order valence-corrected chi connectivity index (χ4v) is 2.38. The molecule has 0 spiro atoms. The molecule has 0 amide bonds. The normalized spacial score (nSPS) is 20.8. The highest BCUT2D eigenvalue weighted by atomic mass is 19.1. The van der Waals surface area contributed by atoms with Crippen LogP contribution < -0.4 is 4.90 Å². The molecule has 1 aromatic rings. The van der Waals surface area contributed by atoms with Crippen molar-refractivity contribution in [2.45, 2.75) is 38.4 Å². The predicted octanol–water partition coefficient (Wildman–Crippen LogP) is 2.23. The summed E-state index contributed by atoms with van der Waals surface area (Å²) < 4.78 is 13.2. The summed E-state index contributed by atoms with van der Waals surface area (Å²) in [5, 5.41) is 19.6. The van der Waals surface area contributed by atoms with E-state index in [1.807, 2.05) is 6.92 Å². The van der Waals surface area contributed by atoms with Crippen LogP contribution >= 0.6 is 0 Å². The number of nitrogens with zero attached hydrogens (tertiary/aromatic N) is 1. The molecule has 0 saturated carbocycles. The third-order valence-electron chi connectivity index (χ3n) is 3.62. The molecule has 1 aromatic carbocycles. The summed E-state index contributed by atoms with van der Waals surface area (Å²) in [6, 6.07) is 4.50. The van der Waals surface area contributed by atoms with E-state index in [9.17, 15) is 14.6 Å². The number of rotatable bonds is 2. The summed E-state index contributed by atoms with van der Waals surface area (Å²) in [6.45, 7) is 4.92. The minimum absolute atomic E-state index is 0.335. The van der Waals surface area contributed by atoms with Gasteiger partial charge in [0.05, 0.1) is 11.7 Å². The molecule has 1 saturated heterocycles. The molecule has 1 aliphatic heterocycles. The van der Waals surface area contributed by atoms with Crippen molar-refractivity contribution in [2.24, 2.45) is 0 Å². The van der Waals surface area contributed by atoms with Crippen molar-refractivity contribution < 1.29 is 14.6 Å². The first-order chi connectivity index (χ1) is 8.39. The van der Waals surface area contributed by atoms with Gasteiger partial charge in [0.1, 0.15) is 5.82 Å². The largest absolute Gasteiger partial charge is 0.390 e. The van der Waals surface area contributed by atoms with Crippen LogP contribution in [0.4, 0.5) is 10.1 Å². The number of halogens is 1. The lowest BCUT2D eigenvalue weighted by atomic mass is 9.93. The lowest BCUT2D eigenvalue weighted by Crippen LogP contribution is -2.42. The first-order valence-corrected chi connectivity index (χ1v) is 6.34. The van der Waals surface area contributed by atoms with Gasteiger partial charge in [-0.15, -0.1) is 0 Å². The minimum Gasteiger partial charge on any atom is -0.390 e. The van der Waals surface area contributed by atoms with E-state index in [2.05, 4.69) is 4.90 Å². The van der Waals surface area contributed by atoms with Crippen LogP contribution in [0.2, 0.25) is 0 Å².